The van der Waals surface area contributed by atoms with Crippen LogP contribution in [0.15, 0.2) is 47.4 Å². The Hall–Kier alpha value is -2.81. The lowest BCUT2D eigenvalue weighted by Crippen LogP contribution is -2.36. The average molecular weight is 437 g/mol. The molecule has 0 atom stereocenters. The van der Waals surface area contributed by atoms with Crippen molar-refractivity contribution in [2.45, 2.75) is 36.7 Å². The van der Waals surface area contributed by atoms with E-state index in [1.807, 2.05) is 0 Å². The molecule has 1 saturated carbocycles. The van der Waals surface area contributed by atoms with Gasteiger partial charge in [0.15, 0.2) is 11.6 Å². The van der Waals surface area contributed by atoms with E-state index in [1.165, 1.54) is 26.4 Å². The molecule has 9 heteroatoms. The van der Waals surface area contributed by atoms with Gasteiger partial charge in [-0.2, -0.15) is 0 Å². The lowest BCUT2D eigenvalue weighted by molar-refractivity contribution is -0.138. The minimum Gasteiger partial charge on any atom is -0.494 e. The molecule has 0 aliphatic heterocycles. The highest BCUT2D eigenvalue weighted by Crippen LogP contribution is 2.30. The number of rotatable bonds is 8. The molecule has 2 aromatic carbocycles. The van der Waals surface area contributed by atoms with Gasteiger partial charge in [0.05, 0.1) is 30.9 Å². The van der Waals surface area contributed by atoms with Crippen LogP contribution in [0, 0.1) is 5.82 Å². The Bertz CT molecular complexity index is 987. The maximum Gasteiger partial charge on any atom is 0.326 e. The summed E-state index contributed by atoms with van der Waals surface area (Å²) >= 11 is 0. The topological polar surface area (TPSA) is 82.1 Å². The van der Waals surface area contributed by atoms with Gasteiger partial charge >= 0.3 is 5.97 Å². The van der Waals surface area contributed by atoms with Crippen molar-refractivity contribution in [3.8, 4) is 11.5 Å². The molecule has 1 aliphatic carbocycles. The molecule has 0 aromatic heterocycles. The van der Waals surface area contributed by atoms with E-state index in [9.17, 15) is 17.6 Å². The van der Waals surface area contributed by atoms with Gasteiger partial charge in [-0.1, -0.05) is 0 Å². The summed E-state index contributed by atoms with van der Waals surface area (Å²) in [7, 11) is -1.80. The molecule has 0 spiro atoms. The summed E-state index contributed by atoms with van der Waals surface area (Å²) in [4.78, 5) is 11.6. The zero-order valence-corrected chi connectivity index (χ0v) is 17.7. The summed E-state index contributed by atoms with van der Waals surface area (Å²) < 4.78 is 56.7. The molecule has 0 N–H and O–H groups in total. The van der Waals surface area contributed by atoms with Crippen LogP contribution in [0.5, 0.6) is 11.5 Å². The van der Waals surface area contributed by atoms with E-state index in [2.05, 4.69) is 4.74 Å². The van der Waals surface area contributed by atoms with Crippen molar-refractivity contribution < 1.29 is 31.8 Å². The quantitative estimate of drug-likeness (QED) is 0.588. The zero-order valence-electron chi connectivity index (χ0n) is 16.8. The lowest BCUT2D eigenvalue weighted by atomic mass is 10.2. The van der Waals surface area contributed by atoms with E-state index in [4.69, 9.17) is 9.47 Å². The van der Waals surface area contributed by atoms with Crippen molar-refractivity contribution in [1.29, 1.82) is 0 Å². The molecule has 0 unspecified atom stereocenters. The second-order valence-electron chi connectivity index (χ2n) is 6.90. The highest BCUT2D eigenvalue weighted by atomic mass is 32.2. The normalized spacial score (nSPS) is 14.4. The molecule has 0 amide bonds. The number of carbonyl (C=O) groups is 1. The fraction of sp³-hybridized carbons (Fsp3) is 0.381. The first-order valence-electron chi connectivity index (χ1n) is 9.55. The van der Waals surface area contributed by atoms with Crippen LogP contribution < -0.4 is 13.8 Å². The smallest absolute Gasteiger partial charge is 0.326 e. The number of esters is 1. The predicted molar refractivity (Wildman–Crippen MR) is 109 cm³/mol. The van der Waals surface area contributed by atoms with Crippen LogP contribution >= 0.6 is 0 Å². The number of hydrogen-bond donors (Lipinski definition) is 0. The molecule has 30 heavy (non-hydrogen) atoms. The van der Waals surface area contributed by atoms with Crippen LogP contribution in [0.3, 0.4) is 0 Å². The van der Waals surface area contributed by atoms with Crippen LogP contribution in [0.1, 0.15) is 25.7 Å². The SMILES string of the molecule is COC(=O)CN(c1ccc(OC2CCCC2)cc1)S(=O)(=O)c1ccc(OC)c(F)c1. The van der Waals surface area contributed by atoms with Gasteiger partial charge in [-0.3, -0.25) is 9.10 Å². The van der Waals surface area contributed by atoms with E-state index >= 15 is 0 Å². The van der Waals surface area contributed by atoms with Crippen LogP contribution in [0.25, 0.3) is 0 Å². The first-order valence-corrected chi connectivity index (χ1v) is 11.0. The van der Waals surface area contributed by atoms with Crippen LogP contribution in [-0.2, 0) is 19.6 Å². The van der Waals surface area contributed by atoms with E-state index in [0.29, 0.717) is 5.75 Å². The van der Waals surface area contributed by atoms with Gasteiger partial charge in [0.25, 0.3) is 10.0 Å². The first-order chi connectivity index (χ1) is 14.3. The maximum atomic E-state index is 14.1. The molecular formula is C21H24FNO6S. The molecular weight excluding hydrogens is 413 g/mol. The van der Waals surface area contributed by atoms with Gasteiger partial charge in [0, 0.05) is 0 Å². The van der Waals surface area contributed by atoms with Crippen molar-refractivity contribution >= 4 is 21.7 Å². The van der Waals surface area contributed by atoms with Gasteiger partial charge in [-0.15, -0.1) is 0 Å². The fourth-order valence-corrected chi connectivity index (χ4v) is 4.74. The highest BCUT2D eigenvalue weighted by molar-refractivity contribution is 7.92. The molecule has 1 aliphatic rings. The average Bonchev–Trinajstić information content (AvgIpc) is 3.25. The van der Waals surface area contributed by atoms with Crippen molar-refractivity contribution in [2.24, 2.45) is 0 Å². The van der Waals surface area contributed by atoms with Crippen molar-refractivity contribution in [3.63, 3.8) is 0 Å². The Balaban J connectivity index is 1.91. The van der Waals surface area contributed by atoms with Crippen LogP contribution in [0.2, 0.25) is 0 Å². The second kappa shape index (κ2) is 9.34. The molecule has 162 valence electrons. The van der Waals surface area contributed by atoms with Crippen LogP contribution in [0.4, 0.5) is 10.1 Å². The minimum absolute atomic E-state index is 0.0816. The van der Waals surface area contributed by atoms with E-state index in [-0.39, 0.29) is 22.4 Å². The van der Waals surface area contributed by atoms with Crippen molar-refractivity contribution in [2.75, 3.05) is 25.1 Å². The minimum atomic E-state index is -4.25. The third-order valence-electron chi connectivity index (χ3n) is 4.94. The summed E-state index contributed by atoms with van der Waals surface area (Å²) in [6, 6.07) is 9.70. The van der Waals surface area contributed by atoms with Gasteiger partial charge in [0.2, 0.25) is 0 Å². The Morgan fingerprint density at radius 3 is 2.33 bits per heavy atom. The maximum absolute atomic E-state index is 14.1. The third kappa shape index (κ3) is 4.84. The summed E-state index contributed by atoms with van der Waals surface area (Å²) in [5, 5.41) is 0. The van der Waals surface area contributed by atoms with Crippen molar-refractivity contribution in [1.82, 2.24) is 0 Å². The number of hydrogen-bond acceptors (Lipinski definition) is 6. The molecule has 3 rings (SSSR count). The molecule has 2 aromatic rings. The number of ether oxygens (including phenoxy) is 3. The molecule has 7 nitrogen and oxygen atoms in total. The zero-order chi connectivity index (χ0) is 21.7. The number of nitrogens with zero attached hydrogens (tertiary/aromatic N) is 1. The van der Waals surface area contributed by atoms with Crippen LogP contribution in [-0.4, -0.2) is 41.3 Å². The Labute approximate surface area is 175 Å². The van der Waals surface area contributed by atoms with Gasteiger partial charge in [0.1, 0.15) is 12.3 Å². The Morgan fingerprint density at radius 1 is 1.10 bits per heavy atom. The fourth-order valence-electron chi connectivity index (χ4n) is 3.32. The number of sulfonamides is 1. The van der Waals surface area contributed by atoms with E-state index in [0.717, 1.165) is 36.1 Å². The number of benzene rings is 2. The summed E-state index contributed by atoms with van der Waals surface area (Å²) in [5.74, 6) is -1.03. The van der Waals surface area contributed by atoms with Gasteiger partial charge in [-0.05, 0) is 68.1 Å². The standard InChI is InChI=1S/C21H24FNO6S/c1-27-20-12-11-18(13-19(20)22)30(25,26)23(14-21(24)28-2)15-7-9-17(10-8-15)29-16-5-3-4-6-16/h7-13,16H,3-6,14H2,1-2H3. The van der Waals surface area contributed by atoms with Crippen molar-refractivity contribution in [3.05, 3.63) is 48.3 Å². The van der Waals surface area contributed by atoms with E-state index in [1.54, 1.807) is 24.3 Å². The number of methoxy groups -OCH3 is 2. The first kappa shape index (κ1) is 21.9. The number of halogens is 1. The molecule has 0 radical (unpaired) electrons. The Kier molecular flexibility index (Phi) is 6.81. The molecule has 0 heterocycles. The molecule has 0 bridgehead atoms. The third-order valence-corrected chi connectivity index (χ3v) is 6.71. The van der Waals surface area contributed by atoms with E-state index < -0.39 is 28.4 Å². The second-order valence-corrected chi connectivity index (χ2v) is 8.76. The van der Waals surface area contributed by atoms with Gasteiger partial charge < -0.3 is 14.2 Å². The Morgan fingerprint density at radius 2 is 1.77 bits per heavy atom. The highest BCUT2D eigenvalue weighted by Gasteiger charge is 2.29. The van der Waals surface area contributed by atoms with Gasteiger partial charge in [-0.25, -0.2) is 12.8 Å². The lowest BCUT2D eigenvalue weighted by Gasteiger charge is -2.24. The predicted octanol–water partition coefficient (Wildman–Crippen LogP) is 3.52. The largest absolute Gasteiger partial charge is 0.494 e. The summed E-state index contributed by atoms with van der Waals surface area (Å²) in [6.07, 6.45) is 4.41. The molecule has 1 fully saturated rings. The number of anilines is 1. The molecule has 0 saturated heterocycles. The monoisotopic (exact) mass is 437 g/mol. The number of carbonyl (C=O) groups excluding carboxylic acids is 1. The summed E-state index contributed by atoms with van der Waals surface area (Å²) in [5.41, 5.74) is 0.232. The summed E-state index contributed by atoms with van der Waals surface area (Å²) in [6.45, 7) is -0.560.